The minimum atomic E-state index is -4.61. The van der Waals surface area contributed by atoms with Crippen LogP contribution in [0.5, 0.6) is 0 Å². The molecule has 2 saturated heterocycles. The van der Waals surface area contributed by atoms with Gasteiger partial charge in [0, 0.05) is 12.8 Å². The van der Waals surface area contributed by atoms with Crippen molar-refractivity contribution in [2.24, 2.45) is 0 Å². The number of phosphoric acid groups is 1. The van der Waals surface area contributed by atoms with Gasteiger partial charge < -0.3 is 34.4 Å². The molecule has 2 aliphatic heterocycles. The molecule has 1 unspecified atom stereocenters. The smallest absolute Gasteiger partial charge is 0.756 e. The van der Waals surface area contributed by atoms with Gasteiger partial charge in [-0.3, -0.25) is 33.8 Å². The standard InChI is InChI=1S/C18H24N5O9P.Na.2H2O/c1-3-5-10(24)20-18-21-15-12(16(26)22-18)19-8-23(15)17-14(31-11(25)6-4-2)13-9(30-17)7-29-33(27,28)32-13;;;/h8-9,13-14,17H,3-7H2,1-2H3,(H,27,28)(H2,20,21,22,24,26);;2*1H2/q;+1;;/p-1/t9-,13-,14-,17-;;;/m1.../s1. The van der Waals surface area contributed by atoms with E-state index in [1.165, 1.54) is 10.9 Å². The molecular weight excluding hydrogens is 516 g/mol. The van der Waals surface area contributed by atoms with Gasteiger partial charge in [-0.15, -0.1) is 0 Å². The van der Waals surface area contributed by atoms with Crippen molar-refractivity contribution in [3.05, 3.63) is 16.7 Å². The fourth-order valence-electron chi connectivity index (χ4n) is 3.67. The number of amides is 1. The number of fused-ring (bicyclic) bond motifs is 2. The molecule has 0 radical (unpaired) electrons. The van der Waals surface area contributed by atoms with Gasteiger partial charge >= 0.3 is 35.5 Å². The summed E-state index contributed by atoms with van der Waals surface area (Å²) in [7, 11) is -4.61. The van der Waals surface area contributed by atoms with Gasteiger partial charge in [0.05, 0.1) is 12.9 Å². The Morgan fingerprint density at radius 3 is 2.67 bits per heavy atom. The number of esters is 1. The number of imidazole rings is 1. The fourth-order valence-corrected chi connectivity index (χ4v) is 4.62. The molecule has 0 saturated carbocycles. The topological polar surface area (TPSA) is 250 Å². The van der Waals surface area contributed by atoms with Crippen LogP contribution < -0.4 is 45.3 Å². The van der Waals surface area contributed by atoms with Crippen LogP contribution in [0.25, 0.3) is 11.2 Å². The van der Waals surface area contributed by atoms with Crippen molar-refractivity contribution in [1.82, 2.24) is 19.5 Å². The van der Waals surface area contributed by atoms with E-state index in [-0.39, 0.29) is 83.0 Å². The summed E-state index contributed by atoms with van der Waals surface area (Å²) in [5, 5.41) is 2.51. The van der Waals surface area contributed by atoms with Gasteiger partial charge in [0.25, 0.3) is 13.4 Å². The molecule has 0 aliphatic carbocycles. The van der Waals surface area contributed by atoms with Crippen molar-refractivity contribution in [1.29, 1.82) is 0 Å². The van der Waals surface area contributed by atoms with Gasteiger partial charge in [0.1, 0.15) is 12.2 Å². The van der Waals surface area contributed by atoms with Gasteiger partial charge in [0.2, 0.25) is 11.9 Å². The first-order chi connectivity index (χ1) is 15.7. The number of anilines is 1. The molecule has 0 spiro atoms. The molecule has 2 fully saturated rings. The molecule has 2 aromatic rings. The number of rotatable bonds is 7. The molecular formula is C18H27N5NaO11P. The quantitative estimate of drug-likeness (QED) is 0.192. The first kappa shape index (κ1) is 32.3. The second kappa shape index (κ2) is 13.2. The maximum Gasteiger partial charge on any atom is 1.00 e. The number of nitrogens with zero attached hydrogens (tertiary/aromatic N) is 3. The Bertz CT molecular complexity index is 1170. The van der Waals surface area contributed by atoms with E-state index in [4.69, 9.17) is 18.5 Å². The van der Waals surface area contributed by atoms with Crippen molar-refractivity contribution in [3.63, 3.8) is 0 Å². The Balaban J connectivity index is 0.00000216. The van der Waals surface area contributed by atoms with E-state index in [9.17, 15) is 23.8 Å². The van der Waals surface area contributed by atoms with Gasteiger partial charge in [0.15, 0.2) is 23.5 Å². The number of hydrogen-bond donors (Lipinski definition) is 2. The van der Waals surface area contributed by atoms with Gasteiger partial charge in [-0.1, -0.05) is 13.8 Å². The average Bonchev–Trinajstić information content (AvgIpc) is 3.29. The van der Waals surface area contributed by atoms with Crippen LogP contribution in [-0.4, -0.2) is 67.3 Å². The summed E-state index contributed by atoms with van der Waals surface area (Å²) in [6.45, 7) is 3.29. The third-order valence-electron chi connectivity index (χ3n) is 5.10. The number of nitrogens with one attached hydrogen (secondary N) is 2. The van der Waals surface area contributed by atoms with Crippen molar-refractivity contribution in [2.45, 2.75) is 64.1 Å². The zero-order valence-electron chi connectivity index (χ0n) is 19.9. The van der Waals surface area contributed by atoms with Crippen molar-refractivity contribution in [2.75, 3.05) is 11.9 Å². The Kier molecular flexibility index (Phi) is 11.8. The average molecular weight is 543 g/mol. The monoisotopic (exact) mass is 543 g/mol. The summed E-state index contributed by atoms with van der Waals surface area (Å²) in [5.41, 5.74) is -0.617. The van der Waals surface area contributed by atoms with Gasteiger partial charge in [-0.05, 0) is 12.8 Å². The summed E-state index contributed by atoms with van der Waals surface area (Å²) in [6.07, 6.45) is -1.61. The minimum Gasteiger partial charge on any atom is -0.756 e. The second-order valence-electron chi connectivity index (χ2n) is 7.62. The van der Waals surface area contributed by atoms with E-state index in [0.29, 0.717) is 12.8 Å². The van der Waals surface area contributed by atoms with Crippen molar-refractivity contribution in [3.8, 4) is 0 Å². The van der Waals surface area contributed by atoms with E-state index >= 15 is 0 Å². The number of H-pyrrole nitrogens is 1. The predicted molar refractivity (Wildman–Crippen MR) is 116 cm³/mol. The molecule has 4 heterocycles. The maximum absolute atomic E-state index is 12.5. The zero-order valence-corrected chi connectivity index (χ0v) is 22.8. The van der Waals surface area contributed by atoms with Crippen LogP contribution in [0.1, 0.15) is 45.8 Å². The summed E-state index contributed by atoms with van der Waals surface area (Å²) < 4.78 is 34.4. The Morgan fingerprint density at radius 1 is 1.31 bits per heavy atom. The number of carbonyl (C=O) groups excluding carboxylic acids is 2. The molecule has 5 atom stereocenters. The van der Waals surface area contributed by atoms with E-state index < -0.39 is 43.9 Å². The molecule has 1 amide bonds. The predicted octanol–water partition coefficient (Wildman–Crippen LogP) is -4.29. The molecule has 36 heavy (non-hydrogen) atoms. The SMILES string of the molecule is CCCC(=O)Nc1nc2c(ncn2[C@@H]2O[C@@H]3COP(=O)([O-])O[C@H]3[C@H]2OC(=O)CCC)c(=O)[nH]1.O.O.[Na+]. The van der Waals surface area contributed by atoms with Gasteiger partial charge in [-0.25, -0.2) is 4.98 Å². The van der Waals surface area contributed by atoms with E-state index in [1.807, 2.05) is 6.92 Å². The van der Waals surface area contributed by atoms with Crippen LogP contribution >= 0.6 is 7.82 Å². The van der Waals surface area contributed by atoms with E-state index in [2.05, 4.69) is 20.3 Å². The first-order valence-corrected chi connectivity index (χ1v) is 11.9. The molecule has 0 aromatic carbocycles. The molecule has 2 aliphatic rings. The Labute approximate surface area is 226 Å². The molecule has 4 rings (SSSR count). The molecule has 16 nitrogen and oxygen atoms in total. The van der Waals surface area contributed by atoms with Crippen molar-refractivity contribution >= 4 is 36.8 Å². The molecule has 196 valence electrons. The maximum atomic E-state index is 12.5. The number of aromatic nitrogens is 4. The van der Waals surface area contributed by atoms with Crippen LogP contribution in [-0.2, 0) is 32.7 Å². The first-order valence-electron chi connectivity index (χ1n) is 10.5. The summed E-state index contributed by atoms with van der Waals surface area (Å²) >= 11 is 0. The summed E-state index contributed by atoms with van der Waals surface area (Å²) in [6, 6.07) is 0. The largest absolute Gasteiger partial charge is 1.00 e. The third-order valence-corrected chi connectivity index (χ3v) is 6.06. The number of aromatic amines is 1. The number of phosphoric ester groups is 1. The Morgan fingerprint density at radius 2 is 2.00 bits per heavy atom. The van der Waals surface area contributed by atoms with Crippen LogP contribution in [0, 0.1) is 0 Å². The Hall–Kier alpha value is -1.72. The molecule has 18 heteroatoms. The normalized spacial score (nSPS) is 26.6. The summed E-state index contributed by atoms with van der Waals surface area (Å²) in [5.74, 6) is -1.00. The van der Waals surface area contributed by atoms with Crippen LogP contribution in [0.4, 0.5) is 5.95 Å². The second-order valence-corrected chi connectivity index (χ2v) is 8.98. The number of hydrogen-bond acceptors (Lipinski definition) is 11. The summed E-state index contributed by atoms with van der Waals surface area (Å²) in [4.78, 5) is 59.3. The third kappa shape index (κ3) is 6.77. The minimum absolute atomic E-state index is 0. The number of carbonyl (C=O) groups is 2. The van der Waals surface area contributed by atoms with Crippen LogP contribution in [0.15, 0.2) is 11.1 Å². The van der Waals surface area contributed by atoms with E-state index in [0.717, 1.165) is 0 Å². The zero-order chi connectivity index (χ0) is 23.8. The van der Waals surface area contributed by atoms with Crippen LogP contribution in [0.2, 0.25) is 0 Å². The molecule has 2 aromatic heterocycles. The number of ether oxygens (including phenoxy) is 2. The molecule has 6 N–H and O–H groups in total. The molecule has 0 bridgehead atoms. The van der Waals surface area contributed by atoms with Gasteiger partial charge in [-0.2, -0.15) is 4.98 Å². The van der Waals surface area contributed by atoms with Crippen molar-refractivity contribution < 1.29 is 78.1 Å². The fraction of sp³-hybridized carbons (Fsp3) is 0.611. The van der Waals surface area contributed by atoms with Crippen LogP contribution in [0.3, 0.4) is 0 Å². The van der Waals surface area contributed by atoms with E-state index in [1.54, 1.807) is 6.92 Å².